The number of nitrogens with zero attached hydrogens (tertiary/aromatic N) is 2. The monoisotopic (exact) mass is 439 g/mol. The number of amides is 2. The molecule has 7 heteroatoms. The van der Waals surface area contributed by atoms with Gasteiger partial charge in [0.05, 0.1) is 18.9 Å². The Morgan fingerprint density at radius 3 is 2.65 bits per heavy atom. The maximum absolute atomic E-state index is 12.7. The fraction of sp³-hybridized carbons (Fsp3) is 0.417. The summed E-state index contributed by atoms with van der Waals surface area (Å²) >= 11 is 1.77. The van der Waals surface area contributed by atoms with Gasteiger partial charge in [0.15, 0.2) is 0 Å². The van der Waals surface area contributed by atoms with Crippen LogP contribution in [0.3, 0.4) is 0 Å². The van der Waals surface area contributed by atoms with Gasteiger partial charge in [-0.05, 0) is 23.3 Å². The van der Waals surface area contributed by atoms with Gasteiger partial charge in [-0.15, -0.1) is 11.8 Å². The van der Waals surface area contributed by atoms with E-state index in [2.05, 4.69) is 22.3 Å². The Balaban J connectivity index is 1.23. The summed E-state index contributed by atoms with van der Waals surface area (Å²) < 4.78 is 5.40. The van der Waals surface area contributed by atoms with Crippen molar-refractivity contribution in [3.8, 4) is 0 Å². The van der Waals surface area contributed by atoms with Crippen LogP contribution in [0.2, 0.25) is 0 Å². The lowest BCUT2D eigenvalue weighted by atomic mass is 10.1. The zero-order valence-corrected chi connectivity index (χ0v) is 18.5. The summed E-state index contributed by atoms with van der Waals surface area (Å²) in [4.78, 5) is 30.4. The number of carbonyl (C=O) groups excluding carboxylic acids is 2. The largest absolute Gasteiger partial charge is 0.379 e. The van der Waals surface area contributed by atoms with E-state index in [0.29, 0.717) is 13.1 Å². The number of carbonyl (C=O) groups is 2. The SMILES string of the molecule is O=C(CCC(=O)N1CCSc2ccccc21)NCc1cccc(CN2CCOCC2)c1. The molecule has 164 valence electrons. The minimum Gasteiger partial charge on any atom is -0.379 e. The van der Waals surface area contributed by atoms with Crippen molar-refractivity contribution in [1.82, 2.24) is 10.2 Å². The van der Waals surface area contributed by atoms with Crippen molar-refractivity contribution in [2.75, 3.05) is 43.5 Å². The molecular formula is C24H29N3O3S. The maximum Gasteiger partial charge on any atom is 0.227 e. The maximum atomic E-state index is 12.7. The number of thioether (sulfide) groups is 1. The highest BCUT2D eigenvalue weighted by atomic mass is 32.2. The second kappa shape index (κ2) is 10.8. The van der Waals surface area contributed by atoms with Crippen molar-refractivity contribution < 1.29 is 14.3 Å². The summed E-state index contributed by atoms with van der Waals surface area (Å²) in [5.74, 6) is 0.803. The minimum absolute atomic E-state index is 0.00964. The van der Waals surface area contributed by atoms with Crippen LogP contribution in [0.15, 0.2) is 53.4 Å². The molecule has 0 unspecified atom stereocenters. The molecule has 0 saturated carbocycles. The average Bonchev–Trinajstić information content (AvgIpc) is 2.82. The van der Waals surface area contributed by atoms with Crippen molar-refractivity contribution in [3.63, 3.8) is 0 Å². The highest BCUT2D eigenvalue weighted by Crippen LogP contribution is 2.34. The van der Waals surface area contributed by atoms with Gasteiger partial charge in [-0.3, -0.25) is 14.5 Å². The van der Waals surface area contributed by atoms with Gasteiger partial charge in [-0.1, -0.05) is 36.4 Å². The van der Waals surface area contributed by atoms with Gasteiger partial charge in [0.25, 0.3) is 0 Å². The number of anilines is 1. The van der Waals surface area contributed by atoms with Crippen LogP contribution in [0, 0.1) is 0 Å². The van der Waals surface area contributed by atoms with Gasteiger partial charge in [-0.25, -0.2) is 0 Å². The number of hydrogen-bond acceptors (Lipinski definition) is 5. The van der Waals surface area contributed by atoms with Crippen molar-refractivity contribution in [2.45, 2.75) is 30.8 Å². The zero-order valence-electron chi connectivity index (χ0n) is 17.7. The molecule has 2 aliphatic heterocycles. The summed E-state index contributed by atoms with van der Waals surface area (Å²) in [7, 11) is 0. The average molecular weight is 440 g/mol. The smallest absolute Gasteiger partial charge is 0.227 e. The van der Waals surface area contributed by atoms with Gasteiger partial charge in [0, 0.05) is 56.2 Å². The molecule has 6 nitrogen and oxygen atoms in total. The van der Waals surface area contributed by atoms with Gasteiger partial charge in [0.2, 0.25) is 11.8 Å². The molecule has 2 amide bonds. The standard InChI is InChI=1S/C24H29N3O3S/c28-23(8-9-24(29)27-12-15-31-22-7-2-1-6-21(22)27)25-17-19-4-3-5-20(16-19)18-26-10-13-30-14-11-26/h1-7,16H,8-15,17-18H2,(H,25,28). The highest BCUT2D eigenvalue weighted by Gasteiger charge is 2.22. The summed E-state index contributed by atoms with van der Waals surface area (Å²) in [6, 6.07) is 16.3. The Kier molecular flexibility index (Phi) is 7.61. The molecule has 1 N–H and O–H groups in total. The van der Waals surface area contributed by atoms with Crippen LogP contribution < -0.4 is 10.2 Å². The topological polar surface area (TPSA) is 61.9 Å². The quantitative estimate of drug-likeness (QED) is 0.719. The Labute approximate surface area is 187 Å². The molecule has 1 saturated heterocycles. The first-order valence-electron chi connectivity index (χ1n) is 10.9. The van der Waals surface area contributed by atoms with Crippen molar-refractivity contribution in [2.24, 2.45) is 0 Å². The van der Waals surface area contributed by atoms with Gasteiger partial charge in [0.1, 0.15) is 0 Å². The van der Waals surface area contributed by atoms with Crippen LogP contribution in [-0.4, -0.2) is 55.3 Å². The van der Waals surface area contributed by atoms with Crippen molar-refractivity contribution >= 4 is 29.3 Å². The number of fused-ring (bicyclic) bond motifs is 1. The molecule has 0 atom stereocenters. The third-order valence-electron chi connectivity index (χ3n) is 5.59. The Morgan fingerprint density at radius 1 is 0.968 bits per heavy atom. The molecule has 2 aliphatic rings. The molecular weight excluding hydrogens is 410 g/mol. The van der Waals surface area contributed by atoms with Crippen LogP contribution in [0.1, 0.15) is 24.0 Å². The van der Waals surface area contributed by atoms with E-state index in [4.69, 9.17) is 4.74 Å². The third-order valence-corrected chi connectivity index (χ3v) is 6.63. The zero-order chi connectivity index (χ0) is 21.5. The minimum atomic E-state index is -0.0911. The Hall–Kier alpha value is -2.35. The summed E-state index contributed by atoms with van der Waals surface area (Å²) in [5, 5.41) is 2.96. The summed E-state index contributed by atoms with van der Waals surface area (Å²) in [6.07, 6.45) is 0.431. The lowest BCUT2D eigenvalue weighted by molar-refractivity contribution is -0.125. The van der Waals surface area contributed by atoms with Crippen LogP contribution in [0.4, 0.5) is 5.69 Å². The van der Waals surface area contributed by atoms with Gasteiger partial charge >= 0.3 is 0 Å². The fourth-order valence-electron chi connectivity index (χ4n) is 3.93. The second-order valence-corrected chi connectivity index (χ2v) is 8.98. The predicted octanol–water partition coefficient (Wildman–Crippen LogP) is 3.05. The van der Waals surface area contributed by atoms with Gasteiger partial charge < -0.3 is 15.0 Å². The number of benzene rings is 2. The molecule has 0 aliphatic carbocycles. The van der Waals surface area contributed by atoms with E-state index in [1.54, 1.807) is 11.8 Å². The van der Waals surface area contributed by atoms with E-state index >= 15 is 0 Å². The van der Waals surface area contributed by atoms with E-state index in [9.17, 15) is 9.59 Å². The lowest BCUT2D eigenvalue weighted by Crippen LogP contribution is -2.36. The highest BCUT2D eigenvalue weighted by molar-refractivity contribution is 7.99. The van der Waals surface area contributed by atoms with Crippen molar-refractivity contribution in [3.05, 3.63) is 59.7 Å². The normalized spacial score (nSPS) is 16.6. The molecule has 2 aromatic rings. The number of hydrogen-bond donors (Lipinski definition) is 1. The van der Waals surface area contributed by atoms with E-state index < -0.39 is 0 Å². The summed E-state index contributed by atoms with van der Waals surface area (Å²) in [6.45, 7) is 5.55. The van der Waals surface area contributed by atoms with Crippen LogP contribution >= 0.6 is 11.8 Å². The molecule has 0 radical (unpaired) electrons. The number of nitrogens with one attached hydrogen (secondary N) is 1. The van der Waals surface area contributed by atoms with Crippen LogP contribution in [0.25, 0.3) is 0 Å². The van der Waals surface area contributed by atoms with E-state index in [0.717, 1.165) is 54.7 Å². The van der Waals surface area contributed by atoms with E-state index in [-0.39, 0.29) is 24.7 Å². The van der Waals surface area contributed by atoms with Gasteiger partial charge in [-0.2, -0.15) is 0 Å². The van der Waals surface area contributed by atoms with Crippen LogP contribution in [-0.2, 0) is 27.4 Å². The molecule has 4 rings (SSSR count). The first kappa shape index (κ1) is 21.9. The molecule has 1 fully saturated rings. The number of rotatable bonds is 7. The first-order chi connectivity index (χ1) is 15.2. The second-order valence-electron chi connectivity index (χ2n) is 7.85. The Morgan fingerprint density at radius 2 is 1.77 bits per heavy atom. The third kappa shape index (κ3) is 6.09. The lowest BCUT2D eigenvalue weighted by Gasteiger charge is -2.29. The fourth-order valence-corrected chi connectivity index (χ4v) is 4.92. The molecule has 0 bridgehead atoms. The van der Waals surface area contributed by atoms with E-state index in [1.165, 1.54) is 5.56 Å². The number of para-hydroxylation sites is 1. The Bertz CT molecular complexity index is 914. The number of ether oxygens (including phenoxy) is 1. The number of morpholine rings is 1. The molecule has 2 heterocycles. The molecule has 2 aromatic carbocycles. The van der Waals surface area contributed by atoms with Crippen LogP contribution in [0.5, 0.6) is 0 Å². The summed E-state index contributed by atoms with van der Waals surface area (Å²) in [5.41, 5.74) is 3.28. The van der Waals surface area contributed by atoms with Crippen molar-refractivity contribution in [1.29, 1.82) is 0 Å². The molecule has 0 aromatic heterocycles. The predicted molar refractivity (Wildman–Crippen MR) is 123 cm³/mol. The molecule has 0 spiro atoms. The molecule has 31 heavy (non-hydrogen) atoms. The first-order valence-corrected chi connectivity index (χ1v) is 11.8. The van der Waals surface area contributed by atoms with E-state index in [1.807, 2.05) is 41.3 Å².